The second-order valence-electron chi connectivity index (χ2n) is 9.06. The van der Waals surface area contributed by atoms with Gasteiger partial charge in [-0.1, -0.05) is 0 Å². The normalized spacial score (nSPS) is 22.1. The molecule has 1 spiro atoms. The Morgan fingerprint density at radius 3 is 2.81 bits per heavy atom. The van der Waals surface area contributed by atoms with Gasteiger partial charge in [0.05, 0.1) is 37.6 Å². The first-order chi connectivity index (χ1) is 15.5. The average Bonchev–Trinajstić information content (AvgIpc) is 3.42. The van der Waals surface area contributed by atoms with Crippen LogP contribution in [0.4, 0.5) is 0 Å². The molecule has 32 heavy (non-hydrogen) atoms. The number of rotatable bonds is 2. The van der Waals surface area contributed by atoms with E-state index < -0.39 is 5.60 Å². The largest absolute Gasteiger partial charge is 0.508 e. The highest BCUT2D eigenvalue weighted by atomic mass is 16.5. The van der Waals surface area contributed by atoms with Crippen LogP contribution in [0.15, 0.2) is 24.3 Å². The summed E-state index contributed by atoms with van der Waals surface area (Å²) >= 11 is 0. The predicted octanol–water partition coefficient (Wildman–Crippen LogP) is 0.850. The van der Waals surface area contributed by atoms with Crippen LogP contribution < -0.4 is 0 Å². The Bertz CT molecular complexity index is 1210. The molecule has 1 atom stereocenters. The second-order valence-corrected chi connectivity index (χ2v) is 9.06. The van der Waals surface area contributed by atoms with Crippen molar-refractivity contribution in [2.45, 2.75) is 24.9 Å². The van der Waals surface area contributed by atoms with Crippen molar-refractivity contribution in [2.75, 3.05) is 32.8 Å². The van der Waals surface area contributed by atoms with E-state index in [9.17, 15) is 14.7 Å². The minimum atomic E-state index is -0.498. The number of benzene rings is 1. The summed E-state index contributed by atoms with van der Waals surface area (Å²) in [5.41, 5.74) is 2.56. The molecule has 3 aliphatic rings. The number of nitrogens with one attached hydrogen (secondary N) is 2. The van der Waals surface area contributed by atoms with Gasteiger partial charge in [0.25, 0.3) is 5.91 Å². The number of aromatic amines is 2. The zero-order valence-corrected chi connectivity index (χ0v) is 17.5. The second kappa shape index (κ2) is 7.06. The molecule has 1 unspecified atom stereocenters. The van der Waals surface area contributed by atoms with Gasteiger partial charge in [0.2, 0.25) is 5.91 Å². The van der Waals surface area contributed by atoms with Crippen LogP contribution in [0.1, 0.15) is 28.3 Å². The third kappa shape index (κ3) is 3.13. The minimum Gasteiger partial charge on any atom is -0.508 e. The van der Waals surface area contributed by atoms with Crippen molar-refractivity contribution in [1.29, 1.82) is 0 Å². The molecule has 10 heteroatoms. The number of nitrogens with zero attached hydrogens (tertiary/aromatic N) is 4. The molecule has 1 aliphatic carbocycles. The number of amides is 2. The number of hydrogen-bond donors (Lipinski definition) is 3. The van der Waals surface area contributed by atoms with Crippen molar-refractivity contribution < 1.29 is 19.4 Å². The maximum absolute atomic E-state index is 13.2. The Morgan fingerprint density at radius 2 is 1.94 bits per heavy atom. The third-order valence-electron chi connectivity index (χ3n) is 6.86. The summed E-state index contributed by atoms with van der Waals surface area (Å²) in [6.45, 7) is 2.45. The number of phenolic OH excluding ortho intramolecular Hbond substituents is 1. The molecule has 3 N–H and O–H groups in total. The van der Waals surface area contributed by atoms with Gasteiger partial charge in [-0.3, -0.25) is 9.59 Å². The van der Waals surface area contributed by atoms with E-state index in [0.29, 0.717) is 44.9 Å². The van der Waals surface area contributed by atoms with E-state index in [1.807, 2.05) is 4.90 Å². The molecule has 6 rings (SSSR count). The summed E-state index contributed by atoms with van der Waals surface area (Å²) in [5, 5.41) is 21.5. The van der Waals surface area contributed by atoms with Gasteiger partial charge >= 0.3 is 0 Å². The molecule has 0 bridgehead atoms. The lowest BCUT2D eigenvalue weighted by Crippen LogP contribution is -2.71. The number of carbonyl (C=O) groups excluding carboxylic acids is 2. The van der Waals surface area contributed by atoms with Gasteiger partial charge in [-0.05, 0) is 31.0 Å². The van der Waals surface area contributed by atoms with Crippen molar-refractivity contribution in [2.24, 2.45) is 5.92 Å². The Hall–Kier alpha value is -3.40. The molecule has 2 aliphatic heterocycles. The van der Waals surface area contributed by atoms with Gasteiger partial charge in [-0.2, -0.15) is 15.4 Å². The number of morpholine rings is 1. The molecule has 166 valence electrons. The standard InChI is InChI=1S/C22H24N6O4/c29-15-3-1-13-7-19(23-17(13)9-15)21(31)28-11-22(12-28)10-27(5-6-32-22)20(30)14-2-4-16-18(8-14)25-26-24-16/h1,3,7,9,14,23,29H,2,4-6,8,10-12H2,(H,24,25,26). The average molecular weight is 436 g/mol. The number of H-pyrrole nitrogens is 2. The Kier molecular flexibility index (Phi) is 4.26. The number of hydrogen-bond acceptors (Lipinski definition) is 6. The molecule has 4 heterocycles. The number of ether oxygens (including phenoxy) is 1. The zero-order chi connectivity index (χ0) is 21.9. The van der Waals surface area contributed by atoms with Crippen LogP contribution in [-0.2, 0) is 22.4 Å². The molecular weight excluding hydrogens is 412 g/mol. The zero-order valence-electron chi connectivity index (χ0n) is 17.5. The van der Waals surface area contributed by atoms with Crippen LogP contribution in [0.5, 0.6) is 5.75 Å². The van der Waals surface area contributed by atoms with Crippen LogP contribution >= 0.6 is 0 Å². The van der Waals surface area contributed by atoms with E-state index in [0.717, 1.165) is 35.1 Å². The first-order valence-electron chi connectivity index (χ1n) is 10.9. The number of aryl methyl sites for hydroxylation is 1. The highest BCUT2D eigenvalue weighted by Gasteiger charge is 2.50. The summed E-state index contributed by atoms with van der Waals surface area (Å²) in [7, 11) is 0. The first-order valence-corrected chi connectivity index (χ1v) is 10.9. The van der Waals surface area contributed by atoms with E-state index in [1.165, 1.54) is 0 Å². The maximum Gasteiger partial charge on any atom is 0.270 e. The molecule has 3 aromatic rings. The van der Waals surface area contributed by atoms with Crippen molar-refractivity contribution in [3.05, 3.63) is 41.3 Å². The highest BCUT2D eigenvalue weighted by molar-refractivity contribution is 5.98. The van der Waals surface area contributed by atoms with Crippen molar-refractivity contribution in [3.63, 3.8) is 0 Å². The molecule has 2 amide bonds. The fraction of sp³-hybridized carbons (Fsp3) is 0.455. The summed E-state index contributed by atoms with van der Waals surface area (Å²) in [6, 6.07) is 6.77. The summed E-state index contributed by atoms with van der Waals surface area (Å²) in [4.78, 5) is 32.8. The maximum atomic E-state index is 13.2. The number of likely N-dealkylation sites (tertiary alicyclic amines) is 1. The molecule has 0 saturated carbocycles. The lowest BCUT2D eigenvalue weighted by atomic mass is 9.87. The number of phenols is 1. The summed E-state index contributed by atoms with van der Waals surface area (Å²) < 4.78 is 6.05. The van der Waals surface area contributed by atoms with Crippen LogP contribution in [0.2, 0.25) is 0 Å². The third-order valence-corrected chi connectivity index (χ3v) is 6.86. The molecule has 2 aromatic heterocycles. The Morgan fingerprint density at radius 1 is 1.12 bits per heavy atom. The van der Waals surface area contributed by atoms with Gasteiger partial charge in [-0.25, -0.2) is 0 Å². The first kappa shape index (κ1) is 19.3. The smallest absolute Gasteiger partial charge is 0.270 e. The molecule has 2 fully saturated rings. The lowest BCUT2D eigenvalue weighted by molar-refractivity contribution is -0.182. The van der Waals surface area contributed by atoms with E-state index >= 15 is 0 Å². The van der Waals surface area contributed by atoms with E-state index in [4.69, 9.17) is 4.74 Å². The SMILES string of the molecule is O=C(c1cc2ccc(O)cc2[nH]1)N1CC2(C1)CN(C(=O)C1CCc3n[nH]nc3C1)CCO2. The van der Waals surface area contributed by atoms with Crippen molar-refractivity contribution in [3.8, 4) is 5.75 Å². The van der Waals surface area contributed by atoms with Gasteiger partial charge < -0.3 is 24.6 Å². The van der Waals surface area contributed by atoms with Gasteiger partial charge in [0, 0.05) is 35.9 Å². The van der Waals surface area contributed by atoms with Crippen LogP contribution in [0.25, 0.3) is 10.9 Å². The van der Waals surface area contributed by atoms with Crippen LogP contribution in [-0.4, -0.2) is 85.5 Å². The monoisotopic (exact) mass is 436 g/mol. The van der Waals surface area contributed by atoms with Gasteiger partial charge in [0.1, 0.15) is 17.0 Å². The predicted molar refractivity (Wildman–Crippen MR) is 113 cm³/mol. The topological polar surface area (TPSA) is 127 Å². The number of aromatic nitrogens is 4. The number of carbonyl (C=O) groups is 2. The Balaban J connectivity index is 1.11. The van der Waals surface area contributed by atoms with Gasteiger partial charge in [-0.15, -0.1) is 0 Å². The van der Waals surface area contributed by atoms with E-state index in [2.05, 4.69) is 20.4 Å². The highest BCUT2D eigenvalue weighted by Crippen LogP contribution is 2.33. The molecular formula is C22H24N6O4. The molecule has 1 aromatic carbocycles. The van der Waals surface area contributed by atoms with Crippen LogP contribution in [0.3, 0.4) is 0 Å². The van der Waals surface area contributed by atoms with Crippen molar-refractivity contribution >= 4 is 22.7 Å². The fourth-order valence-electron chi connectivity index (χ4n) is 5.17. The quantitative estimate of drug-likeness (QED) is 0.547. The van der Waals surface area contributed by atoms with E-state index in [-0.39, 0.29) is 23.5 Å². The molecule has 10 nitrogen and oxygen atoms in total. The lowest BCUT2D eigenvalue weighted by Gasteiger charge is -2.54. The number of fused-ring (bicyclic) bond motifs is 2. The van der Waals surface area contributed by atoms with Crippen molar-refractivity contribution in [1.82, 2.24) is 30.2 Å². The van der Waals surface area contributed by atoms with Gasteiger partial charge in [0.15, 0.2) is 0 Å². The summed E-state index contributed by atoms with van der Waals surface area (Å²) in [6.07, 6.45) is 2.17. The van der Waals surface area contributed by atoms with Crippen LogP contribution in [0, 0.1) is 5.92 Å². The molecule has 0 radical (unpaired) electrons. The Labute approximate surface area is 183 Å². The molecule has 2 saturated heterocycles. The van der Waals surface area contributed by atoms with E-state index in [1.54, 1.807) is 29.2 Å². The number of aromatic hydroxyl groups is 1. The fourth-order valence-corrected chi connectivity index (χ4v) is 5.17. The summed E-state index contributed by atoms with van der Waals surface area (Å²) in [5.74, 6) is 0.105. The minimum absolute atomic E-state index is 0.0803.